The predicted molar refractivity (Wildman–Crippen MR) is 202 cm³/mol. The summed E-state index contributed by atoms with van der Waals surface area (Å²) in [6, 6.07) is 4.84. The summed E-state index contributed by atoms with van der Waals surface area (Å²) < 4.78 is 30.4. The van der Waals surface area contributed by atoms with Gasteiger partial charge in [0.15, 0.2) is 0 Å². The molecule has 4 amide bonds. The van der Waals surface area contributed by atoms with E-state index in [2.05, 4.69) is 5.32 Å². The molecule has 1 fully saturated rings. The van der Waals surface area contributed by atoms with E-state index in [1.807, 2.05) is 39.2 Å². The van der Waals surface area contributed by atoms with Crippen LogP contribution in [0.5, 0.6) is 0 Å². The Morgan fingerprint density at radius 1 is 0.886 bits per heavy atom. The molecule has 2 aliphatic heterocycles. The third-order valence-electron chi connectivity index (χ3n) is 11.0. The molecule has 0 bridgehead atoms. The Bertz CT molecular complexity index is 1650. The van der Waals surface area contributed by atoms with Crippen LogP contribution in [0.25, 0.3) is 0 Å². The van der Waals surface area contributed by atoms with Gasteiger partial charge in [-0.05, 0) is 28.5 Å². The summed E-state index contributed by atoms with van der Waals surface area (Å²) in [4.78, 5) is 57.6. The normalized spacial score (nSPS) is 22.8. The second-order valence-corrected chi connectivity index (χ2v) is 14.4. The molecule has 2 atom stereocenters. The maximum atomic E-state index is 15.2. The molecule has 2 aliphatic rings. The van der Waals surface area contributed by atoms with Crippen molar-refractivity contribution in [3.05, 3.63) is 51.5 Å². The summed E-state index contributed by atoms with van der Waals surface area (Å²) in [5, 5.41) is -0.246. The Morgan fingerprint density at radius 2 is 1.41 bits per heavy atom. The first kappa shape index (κ1) is 34.3. The molecule has 0 spiro atoms. The second kappa shape index (κ2) is 10.5. The van der Waals surface area contributed by atoms with Crippen molar-refractivity contribution in [2.45, 2.75) is 33.1 Å². The minimum absolute atomic E-state index is 0.276. The standard InChI is InChI=1S/C22H30B12ClF2N3O4/c23-10-8(13(26)38-15(42)18(36,37)5-1-3-6(35)4-2-5)12(25)11(24)7-9(10)21(30,31)40(14(7)41)20(29)17(44)39(34)16(43)19(27,28)22(20,32)33/h1-4,13H,23-34H2,(H,38,42). The number of carbonyl (C=O) groups excluding carboxylic acids is 4. The van der Waals surface area contributed by atoms with E-state index in [-0.39, 0.29) is 16.8 Å². The first-order valence-corrected chi connectivity index (χ1v) is 15.1. The van der Waals surface area contributed by atoms with Crippen molar-refractivity contribution >= 4 is 146 Å². The van der Waals surface area contributed by atoms with E-state index in [1.54, 1.807) is 52.0 Å². The fraction of sp³-hybridized carbons (Fsp3) is 0.273. The monoisotopic (exact) mass is 605 g/mol. The summed E-state index contributed by atoms with van der Waals surface area (Å²) in [7, 11) is 21.2. The van der Waals surface area contributed by atoms with Crippen LogP contribution in [0, 0.1) is 0 Å². The molecular weight excluding hydrogens is 573 g/mol. The van der Waals surface area contributed by atoms with Gasteiger partial charge in [-0.25, -0.2) is 0 Å². The average molecular weight is 604 g/mol. The minimum Gasteiger partial charge on any atom is -0.352 e. The van der Waals surface area contributed by atoms with Crippen LogP contribution in [0.4, 0.5) is 8.78 Å². The minimum atomic E-state index is -3.81. The van der Waals surface area contributed by atoms with Crippen LogP contribution in [0.1, 0.15) is 33.0 Å². The quantitative estimate of drug-likeness (QED) is 0.272. The Balaban J connectivity index is 1.84. The van der Waals surface area contributed by atoms with Crippen LogP contribution in [-0.4, -0.2) is 133 Å². The Hall–Kier alpha value is -2.55. The van der Waals surface area contributed by atoms with Crippen LogP contribution in [-0.2, 0) is 25.6 Å². The molecule has 214 valence electrons. The number of fused-ring (bicyclic) bond motifs is 1. The zero-order valence-electron chi connectivity index (χ0n) is 27.5. The molecule has 1 saturated heterocycles. The third kappa shape index (κ3) is 4.38. The zero-order valence-corrected chi connectivity index (χ0v) is 28.3. The van der Waals surface area contributed by atoms with E-state index in [0.717, 1.165) is 16.9 Å². The van der Waals surface area contributed by atoms with Gasteiger partial charge in [0.05, 0.1) is 5.44 Å². The van der Waals surface area contributed by atoms with Crippen molar-refractivity contribution in [1.82, 2.24) is 15.0 Å². The van der Waals surface area contributed by atoms with E-state index < -0.39 is 50.4 Å². The largest absolute Gasteiger partial charge is 0.352 e. The van der Waals surface area contributed by atoms with Crippen LogP contribution >= 0.6 is 11.6 Å². The van der Waals surface area contributed by atoms with Crippen molar-refractivity contribution in [2.75, 3.05) is 0 Å². The Kier molecular flexibility index (Phi) is 8.19. The number of amides is 4. The van der Waals surface area contributed by atoms with Gasteiger partial charge in [0.1, 0.15) is 86.3 Å². The number of hydrogen-bond donors (Lipinski definition) is 1. The molecule has 0 saturated carbocycles. The van der Waals surface area contributed by atoms with E-state index in [0.29, 0.717) is 33.1 Å². The van der Waals surface area contributed by atoms with Gasteiger partial charge in [-0.2, -0.15) is 8.78 Å². The number of halogens is 3. The van der Waals surface area contributed by atoms with Crippen molar-refractivity contribution in [1.29, 1.82) is 0 Å². The highest BCUT2D eigenvalue weighted by Crippen LogP contribution is 2.58. The molecule has 1 N–H and O–H groups in total. The number of piperidine rings is 1. The first-order chi connectivity index (χ1) is 19.9. The van der Waals surface area contributed by atoms with Gasteiger partial charge >= 0.3 is 5.92 Å². The lowest BCUT2D eigenvalue weighted by atomic mass is 9.20. The molecule has 0 radical (unpaired) electrons. The van der Waals surface area contributed by atoms with Crippen LogP contribution in [0.3, 0.4) is 0 Å². The van der Waals surface area contributed by atoms with Gasteiger partial charge in [-0.3, -0.25) is 19.2 Å². The smallest absolute Gasteiger partial charge is 0.349 e. The van der Waals surface area contributed by atoms with Crippen LogP contribution in [0.15, 0.2) is 24.3 Å². The van der Waals surface area contributed by atoms with Crippen LogP contribution in [0.2, 0.25) is 15.5 Å². The number of nitrogens with one attached hydrogen (secondary N) is 1. The molecule has 2 aromatic carbocycles. The summed E-state index contributed by atoms with van der Waals surface area (Å²) in [5.41, 5.74) is 1.81. The molecule has 2 heterocycles. The Labute approximate surface area is 272 Å². The van der Waals surface area contributed by atoms with E-state index >= 15 is 8.78 Å². The maximum Gasteiger partial charge on any atom is 0.349 e. The SMILES string of the molecule is Bc1c(B)c(C(B)NC(=O)C(F)(F)c2ccc(Cl)cc2)c(B)c2c1C(=O)N(C1(B)C(=O)N(B)C(=O)C(B)(B)C1(B)B)C2(B)B. The van der Waals surface area contributed by atoms with Crippen molar-refractivity contribution in [3.8, 4) is 0 Å². The van der Waals surface area contributed by atoms with Crippen molar-refractivity contribution < 1.29 is 28.0 Å². The van der Waals surface area contributed by atoms with Gasteiger partial charge < -0.3 is 15.0 Å². The molecular formula is C22H30B12ClF2N3O4. The summed E-state index contributed by atoms with van der Waals surface area (Å²) in [5.74, 6) is -7.24. The topological polar surface area (TPSA) is 86.8 Å². The molecule has 0 aliphatic carbocycles. The van der Waals surface area contributed by atoms with Gasteiger partial charge in [-0.15, -0.1) is 0 Å². The molecule has 44 heavy (non-hydrogen) atoms. The third-order valence-corrected chi connectivity index (χ3v) is 11.3. The molecule has 2 aromatic rings. The number of alkyl halides is 2. The zero-order chi connectivity index (χ0) is 33.7. The van der Waals surface area contributed by atoms with Gasteiger partial charge in [0.25, 0.3) is 11.8 Å². The number of rotatable bonds is 5. The van der Waals surface area contributed by atoms with Crippen LogP contribution < -0.4 is 21.7 Å². The number of benzene rings is 2. The van der Waals surface area contributed by atoms with Gasteiger partial charge in [0, 0.05) is 27.4 Å². The molecule has 4 rings (SSSR count). The van der Waals surface area contributed by atoms with Crippen molar-refractivity contribution in [3.63, 3.8) is 0 Å². The van der Waals surface area contributed by atoms with E-state index in [4.69, 9.17) is 11.6 Å². The average Bonchev–Trinajstić information content (AvgIpc) is 3.14. The van der Waals surface area contributed by atoms with Gasteiger partial charge in [0.2, 0.25) is 19.8 Å². The van der Waals surface area contributed by atoms with E-state index in [1.165, 1.54) is 20.1 Å². The number of hydrogen-bond acceptors (Lipinski definition) is 4. The highest BCUT2D eigenvalue weighted by Gasteiger charge is 2.68. The predicted octanol–water partition coefficient (Wildman–Crippen LogP) is -11.5. The lowest BCUT2D eigenvalue weighted by Gasteiger charge is -2.64. The summed E-state index contributed by atoms with van der Waals surface area (Å²) in [6.45, 7) is 0. The first-order valence-electron chi connectivity index (χ1n) is 14.7. The fourth-order valence-corrected chi connectivity index (χ4v) is 7.73. The molecule has 7 nitrogen and oxygen atoms in total. The molecule has 22 heteroatoms. The molecule has 0 aromatic heterocycles. The highest BCUT2D eigenvalue weighted by molar-refractivity contribution is 6.68. The Morgan fingerprint density at radius 3 is 1.93 bits per heavy atom. The maximum absolute atomic E-state index is 15.2. The number of imide groups is 1. The lowest BCUT2D eigenvalue weighted by Crippen LogP contribution is -2.78. The van der Waals surface area contributed by atoms with E-state index in [9.17, 15) is 19.2 Å². The van der Waals surface area contributed by atoms with Gasteiger partial charge in [-0.1, -0.05) is 45.3 Å². The number of carbonyl (C=O) groups is 4. The summed E-state index contributed by atoms with van der Waals surface area (Å²) in [6.07, 6.45) is 0. The highest BCUT2D eigenvalue weighted by atomic mass is 35.5. The lowest BCUT2D eigenvalue weighted by molar-refractivity contribution is -0.150. The summed E-state index contributed by atoms with van der Waals surface area (Å²) >= 11 is 5.85. The van der Waals surface area contributed by atoms with Crippen molar-refractivity contribution in [2.24, 2.45) is 0 Å². The second-order valence-electron chi connectivity index (χ2n) is 14.0. The fourth-order valence-electron chi connectivity index (χ4n) is 7.61. The number of nitrogens with zero attached hydrogens (tertiary/aromatic N) is 2. The molecule has 2 unspecified atom stereocenters.